The average molecular weight is 215 g/mol. The van der Waals surface area contributed by atoms with E-state index in [0.29, 0.717) is 13.2 Å². The molecule has 0 aromatic heterocycles. The Labute approximate surface area is 88.8 Å². The number of hydrogen-bond acceptors (Lipinski definition) is 3. The van der Waals surface area contributed by atoms with Crippen LogP contribution in [0.15, 0.2) is 0 Å². The van der Waals surface area contributed by atoms with Gasteiger partial charge in [0, 0.05) is 20.1 Å². The minimum Gasteiger partial charge on any atom is -0.481 e. The molecule has 1 atom stereocenters. The van der Waals surface area contributed by atoms with E-state index in [1.807, 2.05) is 0 Å². The van der Waals surface area contributed by atoms with Gasteiger partial charge < -0.3 is 15.2 Å². The summed E-state index contributed by atoms with van der Waals surface area (Å²) in [5.41, 5.74) is 0. The number of hydrogen-bond donors (Lipinski definition) is 2. The van der Waals surface area contributed by atoms with E-state index in [2.05, 4.69) is 5.32 Å². The largest absolute Gasteiger partial charge is 0.481 e. The van der Waals surface area contributed by atoms with Gasteiger partial charge in [0.05, 0.1) is 12.5 Å². The monoisotopic (exact) mass is 215 g/mol. The Morgan fingerprint density at radius 2 is 2.20 bits per heavy atom. The third-order valence-electron chi connectivity index (χ3n) is 2.54. The van der Waals surface area contributed by atoms with Crippen molar-refractivity contribution in [3.8, 4) is 0 Å². The van der Waals surface area contributed by atoms with Crippen molar-refractivity contribution in [3.05, 3.63) is 0 Å². The SMILES string of the molecule is COCCNC(=O)CC(C(=O)O)C1CC1. The quantitative estimate of drug-likeness (QED) is 0.597. The Bertz CT molecular complexity index is 238. The van der Waals surface area contributed by atoms with E-state index < -0.39 is 11.9 Å². The van der Waals surface area contributed by atoms with Gasteiger partial charge in [0.2, 0.25) is 5.91 Å². The van der Waals surface area contributed by atoms with Gasteiger partial charge in [-0.05, 0) is 18.8 Å². The average Bonchev–Trinajstić information content (AvgIpc) is 2.97. The number of carbonyl (C=O) groups excluding carboxylic acids is 1. The highest BCUT2D eigenvalue weighted by Gasteiger charge is 2.37. The Hall–Kier alpha value is -1.10. The molecule has 0 radical (unpaired) electrons. The fraction of sp³-hybridized carbons (Fsp3) is 0.800. The van der Waals surface area contributed by atoms with Crippen molar-refractivity contribution in [2.75, 3.05) is 20.3 Å². The van der Waals surface area contributed by atoms with Crippen molar-refractivity contribution in [1.29, 1.82) is 0 Å². The lowest BCUT2D eigenvalue weighted by molar-refractivity contribution is -0.144. The van der Waals surface area contributed by atoms with E-state index in [1.54, 1.807) is 7.11 Å². The Morgan fingerprint density at radius 3 is 2.67 bits per heavy atom. The van der Waals surface area contributed by atoms with Crippen LogP contribution in [0.3, 0.4) is 0 Å². The van der Waals surface area contributed by atoms with Gasteiger partial charge in [0.25, 0.3) is 0 Å². The van der Waals surface area contributed by atoms with Crippen molar-refractivity contribution in [2.45, 2.75) is 19.3 Å². The fourth-order valence-electron chi connectivity index (χ4n) is 1.52. The van der Waals surface area contributed by atoms with Crippen LogP contribution in [0.1, 0.15) is 19.3 Å². The highest BCUT2D eigenvalue weighted by Crippen LogP contribution is 2.38. The van der Waals surface area contributed by atoms with E-state index in [9.17, 15) is 9.59 Å². The smallest absolute Gasteiger partial charge is 0.307 e. The van der Waals surface area contributed by atoms with Crippen LogP contribution in [0.4, 0.5) is 0 Å². The van der Waals surface area contributed by atoms with Crippen LogP contribution in [-0.4, -0.2) is 37.2 Å². The normalized spacial score (nSPS) is 17.1. The number of carboxylic acids is 1. The summed E-state index contributed by atoms with van der Waals surface area (Å²) in [6.45, 7) is 0.888. The molecule has 5 heteroatoms. The van der Waals surface area contributed by atoms with E-state index >= 15 is 0 Å². The first kappa shape index (κ1) is 12.0. The number of nitrogens with one attached hydrogen (secondary N) is 1. The molecule has 0 aromatic carbocycles. The van der Waals surface area contributed by atoms with E-state index in [4.69, 9.17) is 9.84 Å². The molecular formula is C10H17NO4. The van der Waals surface area contributed by atoms with E-state index in [0.717, 1.165) is 12.8 Å². The standard InChI is InChI=1S/C10H17NO4/c1-15-5-4-11-9(12)6-8(10(13)14)7-2-3-7/h7-8H,2-6H2,1H3,(H,11,12)(H,13,14). The minimum absolute atomic E-state index is 0.0870. The highest BCUT2D eigenvalue weighted by atomic mass is 16.5. The molecule has 0 spiro atoms. The molecule has 15 heavy (non-hydrogen) atoms. The number of methoxy groups -OCH3 is 1. The lowest BCUT2D eigenvalue weighted by Gasteiger charge is -2.10. The molecule has 0 heterocycles. The summed E-state index contributed by atoms with van der Waals surface area (Å²) in [4.78, 5) is 22.2. The fourth-order valence-corrected chi connectivity index (χ4v) is 1.52. The number of carbonyl (C=O) groups is 2. The summed E-state index contributed by atoms with van der Waals surface area (Å²) in [6.07, 6.45) is 1.95. The Morgan fingerprint density at radius 1 is 1.53 bits per heavy atom. The summed E-state index contributed by atoms with van der Waals surface area (Å²) in [6, 6.07) is 0. The van der Waals surface area contributed by atoms with Crippen LogP contribution in [0.5, 0.6) is 0 Å². The summed E-state index contributed by atoms with van der Waals surface area (Å²) in [5, 5.41) is 11.5. The molecule has 1 rings (SSSR count). The summed E-state index contributed by atoms with van der Waals surface area (Å²) >= 11 is 0. The molecule has 2 N–H and O–H groups in total. The molecule has 1 saturated carbocycles. The summed E-state index contributed by atoms with van der Waals surface area (Å²) < 4.78 is 4.77. The molecular weight excluding hydrogens is 198 g/mol. The van der Waals surface area contributed by atoms with Gasteiger partial charge in [0.1, 0.15) is 0 Å². The van der Waals surface area contributed by atoms with Gasteiger partial charge >= 0.3 is 5.97 Å². The minimum atomic E-state index is -0.862. The maximum absolute atomic E-state index is 11.3. The molecule has 1 unspecified atom stereocenters. The maximum Gasteiger partial charge on any atom is 0.307 e. The zero-order chi connectivity index (χ0) is 11.3. The van der Waals surface area contributed by atoms with Gasteiger partial charge in [-0.15, -0.1) is 0 Å². The maximum atomic E-state index is 11.3. The predicted octanol–water partition coefficient (Wildman–Crippen LogP) is 0.250. The third-order valence-corrected chi connectivity index (χ3v) is 2.54. The van der Waals surface area contributed by atoms with Crippen molar-refractivity contribution >= 4 is 11.9 Å². The summed E-state index contributed by atoms with van der Waals surface area (Å²) in [5.74, 6) is -1.37. The van der Waals surface area contributed by atoms with Crippen molar-refractivity contribution < 1.29 is 19.4 Å². The van der Waals surface area contributed by atoms with Gasteiger partial charge in [-0.3, -0.25) is 9.59 Å². The first-order chi connectivity index (χ1) is 7.15. The van der Waals surface area contributed by atoms with Gasteiger partial charge in [-0.25, -0.2) is 0 Å². The Kier molecular flexibility index (Phi) is 4.55. The predicted molar refractivity (Wildman–Crippen MR) is 53.4 cm³/mol. The van der Waals surface area contributed by atoms with E-state index in [1.165, 1.54) is 0 Å². The molecule has 0 saturated heterocycles. The van der Waals surface area contributed by atoms with Gasteiger partial charge in [0.15, 0.2) is 0 Å². The zero-order valence-corrected chi connectivity index (χ0v) is 8.86. The molecule has 0 bridgehead atoms. The number of aliphatic carboxylic acids is 1. The number of ether oxygens (including phenoxy) is 1. The second-order valence-electron chi connectivity index (χ2n) is 3.83. The van der Waals surface area contributed by atoms with Crippen LogP contribution < -0.4 is 5.32 Å². The topological polar surface area (TPSA) is 75.6 Å². The van der Waals surface area contributed by atoms with Crippen LogP contribution in [0.2, 0.25) is 0 Å². The highest BCUT2D eigenvalue weighted by molar-refractivity contribution is 5.82. The zero-order valence-electron chi connectivity index (χ0n) is 8.86. The Balaban J connectivity index is 2.24. The van der Waals surface area contributed by atoms with Gasteiger partial charge in [-0.2, -0.15) is 0 Å². The summed E-state index contributed by atoms with van der Waals surface area (Å²) in [7, 11) is 1.55. The first-order valence-electron chi connectivity index (χ1n) is 5.13. The second kappa shape index (κ2) is 5.70. The molecule has 0 aromatic rings. The van der Waals surface area contributed by atoms with Crippen LogP contribution in [0, 0.1) is 11.8 Å². The molecule has 0 aliphatic heterocycles. The van der Waals surface area contributed by atoms with Crippen LogP contribution >= 0.6 is 0 Å². The number of amides is 1. The molecule has 1 aliphatic rings. The molecule has 1 amide bonds. The lowest BCUT2D eigenvalue weighted by atomic mass is 10.00. The molecule has 5 nitrogen and oxygen atoms in total. The molecule has 1 fully saturated rings. The first-order valence-corrected chi connectivity index (χ1v) is 5.13. The number of rotatable bonds is 7. The van der Waals surface area contributed by atoms with Crippen LogP contribution in [-0.2, 0) is 14.3 Å². The number of carboxylic acid groups (broad SMARTS) is 1. The molecule has 1 aliphatic carbocycles. The lowest BCUT2D eigenvalue weighted by Crippen LogP contribution is -2.31. The van der Waals surface area contributed by atoms with Crippen molar-refractivity contribution in [3.63, 3.8) is 0 Å². The van der Waals surface area contributed by atoms with Crippen LogP contribution in [0.25, 0.3) is 0 Å². The van der Waals surface area contributed by atoms with Crippen molar-refractivity contribution in [2.24, 2.45) is 11.8 Å². The van der Waals surface area contributed by atoms with E-state index in [-0.39, 0.29) is 18.2 Å². The van der Waals surface area contributed by atoms with Crippen molar-refractivity contribution in [1.82, 2.24) is 5.32 Å². The second-order valence-corrected chi connectivity index (χ2v) is 3.83. The third kappa shape index (κ3) is 4.29. The molecule has 86 valence electrons. The van der Waals surface area contributed by atoms with Gasteiger partial charge in [-0.1, -0.05) is 0 Å².